The topological polar surface area (TPSA) is 94.9 Å². The predicted octanol–water partition coefficient (Wildman–Crippen LogP) is 2.50. The Hall–Kier alpha value is -2.95. The maximum Gasteiger partial charge on any atom is 0.434 e. The van der Waals surface area contributed by atoms with Crippen molar-refractivity contribution in [1.82, 2.24) is 10.3 Å². The quantitative estimate of drug-likeness (QED) is 0.807. The Morgan fingerprint density at radius 2 is 2.00 bits per heavy atom. The largest absolute Gasteiger partial charge is 0.480 e. The zero-order valence-corrected chi connectivity index (χ0v) is 14.4. The molecule has 0 aliphatic carbocycles. The van der Waals surface area contributed by atoms with Crippen LogP contribution >= 0.6 is 11.3 Å². The van der Waals surface area contributed by atoms with E-state index in [-0.39, 0.29) is 23.7 Å². The molecule has 0 saturated carbocycles. The van der Waals surface area contributed by atoms with Gasteiger partial charge in [0, 0.05) is 11.8 Å². The average Bonchev–Trinajstić information content (AvgIpc) is 3.27. The van der Waals surface area contributed by atoms with Crippen molar-refractivity contribution in [2.45, 2.75) is 25.2 Å². The minimum absolute atomic E-state index is 0.0149. The zero-order valence-electron chi connectivity index (χ0n) is 13.6. The first-order valence-electron chi connectivity index (χ1n) is 7.70. The summed E-state index contributed by atoms with van der Waals surface area (Å²) in [6, 6.07) is 7.47. The molecule has 0 saturated heterocycles. The summed E-state index contributed by atoms with van der Waals surface area (Å²) in [6.07, 6.45) is -4.67. The zero-order chi connectivity index (χ0) is 19.6. The van der Waals surface area contributed by atoms with E-state index in [4.69, 9.17) is 0 Å². The summed E-state index contributed by atoms with van der Waals surface area (Å²) in [4.78, 5) is 27.1. The van der Waals surface area contributed by atoms with E-state index >= 15 is 0 Å². The number of alkyl halides is 3. The maximum atomic E-state index is 12.5. The summed E-state index contributed by atoms with van der Waals surface area (Å²) >= 11 is 0.774. The molecule has 11 heteroatoms. The number of hydrogen-bond donors (Lipinski definition) is 2. The first kappa shape index (κ1) is 18.8. The van der Waals surface area contributed by atoms with Crippen LogP contribution in [0.4, 0.5) is 18.9 Å². The molecule has 1 aromatic heterocycles. The molecule has 1 amide bonds. The number of halogens is 3. The minimum atomic E-state index is -4.54. The van der Waals surface area contributed by atoms with Crippen LogP contribution in [-0.2, 0) is 22.3 Å². The number of rotatable bonds is 5. The normalized spacial score (nSPS) is 16.9. The fourth-order valence-corrected chi connectivity index (χ4v) is 3.18. The van der Waals surface area contributed by atoms with Crippen molar-refractivity contribution in [3.63, 3.8) is 0 Å². The standard InChI is InChI=1S/C16H13F3N4O3S/c17-16(18,19)12-8-27-13(21-12)7-20-14(24)10-6-11(15(25)26)23(22-10)9-4-2-1-3-5-9/h1-5,8,11H,6-7H2,(H,20,24)(H,25,26). The number of hydrogen-bond acceptors (Lipinski definition) is 6. The number of benzene rings is 1. The molecule has 0 spiro atoms. The van der Waals surface area contributed by atoms with E-state index in [0.717, 1.165) is 16.7 Å². The van der Waals surface area contributed by atoms with Crippen LogP contribution in [0, 0.1) is 0 Å². The van der Waals surface area contributed by atoms with Crippen LogP contribution in [0.5, 0.6) is 0 Å². The molecule has 1 aliphatic heterocycles. The number of carboxylic acid groups (broad SMARTS) is 1. The molecule has 1 unspecified atom stereocenters. The van der Waals surface area contributed by atoms with E-state index in [9.17, 15) is 27.9 Å². The number of carbonyl (C=O) groups excluding carboxylic acids is 1. The number of aromatic nitrogens is 1. The molecular formula is C16H13F3N4O3S. The van der Waals surface area contributed by atoms with E-state index in [1.807, 2.05) is 0 Å². The number of para-hydroxylation sites is 1. The van der Waals surface area contributed by atoms with E-state index in [1.54, 1.807) is 30.3 Å². The molecule has 1 atom stereocenters. The van der Waals surface area contributed by atoms with E-state index in [2.05, 4.69) is 15.4 Å². The molecule has 7 nitrogen and oxygen atoms in total. The van der Waals surface area contributed by atoms with Crippen LogP contribution in [0.3, 0.4) is 0 Å². The first-order valence-corrected chi connectivity index (χ1v) is 8.58. The molecule has 1 aliphatic rings. The number of carboxylic acids is 1. The van der Waals surface area contributed by atoms with Crippen molar-refractivity contribution in [3.05, 3.63) is 46.4 Å². The number of hydrazone groups is 1. The van der Waals surface area contributed by atoms with E-state index in [1.165, 1.54) is 5.01 Å². The Balaban J connectivity index is 1.69. The van der Waals surface area contributed by atoms with Gasteiger partial charge >= 0.3 is 12.1 Å². The van der Waals surface area contributed by atoms with Gasteiger partial charge in [0.1, 0.15) is 10.7 Å². The van der Waals surface area contributed by atoms with Crippen LogP contribution in [-0.4, -0.2) is 33.7 Å². The average molecular weight is 398 g/mol. The van der Waals surface area contributed by atoms with Gasteiger partial charge in [-0.05, 0) is 12.1 Å². The molecule has 0 radical (unpaired) electrons. The van der Waals surface area contributed by atoms with Crippen molar-refractivity contribution in [2.75, 3.05) is 5.01 Å². The molecule has 27 heavy (non-hydrogen) atoms. The fraction of sp³-hybridized carbons (Fsp3) is 0.250. The monoisotopic (exact) mass is 398 g/mol. The van der Waals surface area contributed by atoms with Gasteiger partial charge in [0.05, 0.1) is 12.2 Å². The molecule has 0 bridgehead atoms. The summed E-state index contributed by atoms with van der Waals surface area (Å²) in [7, 11) is 0. The third-order valence-corrected chi connectivity index (χ3v) is 4.57. The number of carbonyl (C=O) groups is 2. The van der Waals surface area contributed by atoms with Gasteiger partial charge in [-0.2, -0.15) is 18.3 Å². The van der Waals surface area contributed by atoms with Crippen LogP contribution in [0.2, 0.25) is 0 Å². The Labute approximate surface area is 155 Å². The summed E-state index contributed by atoms with van der Waals surface area (Å²) in [5, 5.41) is 18.1. The number of thiazole rings is 1. The maximum absolute atomic E-state index is 12.5. The lowest BCUT2D eigenvalue weighted by atomic mass is 10.1. The molecule has 0 fully saturated rings. The number of nitrogens with one attached hydrogen (secondary N) is 1. The van der Waals surface area contributed by atoms with Gasteiger partial charge in [0.15, 0.2) is 11.7 Å². The third kappa shape index (κ3) is 4.25. The molecular weight excluding hydrogens is 385 g/mol. The van der Waals surface area contributed by atoms with Crippen molar-refractivity contribution in [1.29, 1.82) is 0 Å². The number of anilines is 1. The number of nitrogens with zero attached hydrogens (tertiary/aromatic N) is 3. The van der Waals surface area contributed by atoms with Gasteiger partial charge in [-0.25, -0.2) is 9.78 Å². The summed E-state index contributed by atoms with van der Waals surface area (Å²) in [5.74, 6) is -1.79. The van der Waals surface area contributed by atoms with Crippen molar-refractivity contribution in [2.24, 2.45) is 5.10 Å². The van der Waals surface area contributed by atoms with Gasteiger partial charge < -0.3 is 10.4 Å². The molecule has 1 aromatic carbocycles. The van der Waals surface area contributed by atoms with Crippen LogP contribution in [0.25, 0.3) is 0 Å². The van der Waals surface area contributed by atoms with Crippen molar-refractivity contribution in [3.8, 4) is 0 Å². The SMILES string of the molecule is O=C(NCc1nc(C(F)(F)F)cs1)C1=NN(c2ccccc2)C(C(=O)O)C1. The van der Waals surface area contributed by atoms with Gasteiger partial charge in [-0.15, -0.1) is 11.3 Å². The Bertz CT molecular complexity index is 883. The predicted molar refractivity (Wildman–Crippen MR) is 91.4 cm³/mol. The molecule has 2 aromatic rings. The summed E-state index contributed by atoms with van der Waals surface area (Å²) in [5.41, 5.74) is -0.516. The second kappa shape index (κ2) is 7.35. The van der Waals surface area contributed by atoms with Gasteiger partial charge in [0.25, 0.3) is 5.91 Å². The highest BCUT2D eigenvalue weighted by Gasteiger charge is 2.36. The summed E-state index contributed by atoms with van der Waals surface area (Å²) < 4.78 is 37.6. The molecule has 2 N–H and O–H groups in total. The van der Waals surface area contributed by atoms with Crippen molar-refractivity contribution >= 4 is 34.6 Å². The van der Waals surface area contributed by atoms with Crippen LogP contribution in [0.15, 0.2) is 40.8 Å². The van der Waals surface area contributed by atoms with Gasteiger partial charge in [-0.3, -0.25) is 9.80 Å². The first-order chi connectivity index (χ1) is 12.8. The fourth-order valence-electron chi connectivity index (χ4n) is 2.44. The highest BCUT2D eigenvalue weighted by molar-refractivity contribution is 7.09. The smallest absolute Gasteiger partial charge is 0.434 e. The minimum Gasteiger partial charge on any atom is -0.480 e. The van der Waals surface area contributed by atoms with Gasteiger partial charge in [-0.1, -0.05) is 18.2 Å². The second-order valence-corrected chi connectivity index (χ2v) is 6.53. The molecule has 142 valence electrons. The lowest BCUT2D eigenvalue weighted by Crippen LogP contribution is -2.35. The van der Waals surface area contributed by atoms with E-state index < -0.39 is 29.8 Å². The Kier molecular flexibility index (Phi) is 5.13. The highest BCUT2D eigenvalue weighted by Crippen LogP contribution is 2.30. The second-order valence-electron chi connectivity index (χ2n) is 5.59. The lowest BCUT2D eigenvalue weighted by Gasteiger charge is -2.19. The highest BCUT2D eigenvalue weighted by atomic mass is 32.1. The van der Waals surface area contributed by atoms with Crippen LogP contribution in [0.1, 0.15) is 17.1 Å². The lowest BCUT2D eigenvalue weighted by molar-refractivity contribution is -0.141. The van der Waals surface area contributed by atoms with Crippen LogP contribution < -0.4 is 10.3 Å². The summed E-state index contributed by atoms with van der Waals surface area (Å²) in [6.45, 7) is -0.207. The van der Waals surface area contributed by atoms with Gasteiger partial charge in [0.2, 0.25) is 0 Å². The number of amides is 1. The Morgan fingerprint density at radius 3 is 2.59 bits per heavy atom. The molecule has 3 rings (SSSR count). The van der Waals surface area contributed by atoms with Crippen molar-refractivity contribution < 1.29 is 27.9 Å². The Morgan fingerprint density at radius 1 is 1.30 bits per heavy atom. The van der Waals surface area contributed by atoms with E-state index in [0.29, 0.717) is 5.69 Å². The third-order valence-electron chi connectivity index (χ3n) is 3.72. The molecule has 2 heterocycles. The number of aliphatic carboxylic acids is 1.